The molecule has 2 N–H and O–H groups in total. The molecule has 1 aromatic heterocycles. The quantitative estimate of drug-likeness (QED) is 0.897. The van der Waals surface area contributed by atoms with E-state index in [1.807, 2.05) is 0 Å². The molecule has 1 fully saturated rings. The van der Waals surface area contributed by atoms with Crippen molar-refractivity contribution in [2.45, 2.75) is 43.8 Å². The fourth-order valence-electron chi connectivity index (χ4n) is 1.53. The van der Waals surface area contributed by atoms with Crippen molar-refractivity contribution in [3.8, 4) is 0 Å². The van der Waals surface area contributed by atoms with E-state index in [4.69, 9.17) is 5.73 Å². The highest BCUT2D eigenvalue weighted by molar-refractivity contribution is 5.85. The third kappa shape index (κ3) is 2.55. The summed E-state index contributed by atoms with van der Waals surface area (Å²) >= 11 is 0. The topological polar surface area (TPSA) is 64.9 Å². The van der Waals surface area contributed by atoms with Crippen LogP contribution in [0, 0.1) is 0 Å². The minimum atomic E-state index is -4.37. The molecule has 0 aliphatic heterocycles. The van der Waals surface area contributed by atoms with Crippen LogP contribution in [0.1, 0.15) is 43.8 Å². The van der Waals surface area contributed by atoms with Gasteiger partial charge in [-0.25, -0.2) is 0 Å². The third-order valence-corrected chi connectivity index (χ3v) is 2.99. The van der Waals surface area contributed by atoms with E-state index in [1.165, 1.54) is 0 Å². The largest absolute Gasteiger partial charge is 0.400 e. The van der Waals surface area contributed by atoms with Gasteiger partial charge in [0.25, 0.3) is 0 Å². The minimum Gasteiger partial charge on any atom is -0.339 e. The SMILES string of the molecule is CC(c1nc(C2(N)CCC2)no1)C(F)(F)F.Cl. The Kier molecular flexibility index (Phi) is 3.73. The molecule has 0 saturated heterocycles. The lowest BCUT2D eigenvalue weighted by molar-refractivity contribution is -0.151. The van der Waals surface area contributed by atoms with Gasteiger partial charge in [0.2, 0.25) is 5.89 Å². The van der Waals surface area contributed by atoms with Crippen molar-refractivity contribution in [1.29, 1.82) is 0 Å². The maximum atomic E-state index is 12.4. The van der Waals surface area contributed by atoms with E-state index in [2.05, 4.69) is 14.7 Å². The summed E-state index contributed by atoms with van der Waals surface area (Å²) in [6.45, 7) is 0.987. The van der Waals surface area contributed by atoms with E-state index in [0.717, 1.165) is 13.3 Å². The highest BCUT2D eigenvalue weighted by atomic mass is 35.5. The van der Waals surface area contributed by atoms with Gasteiger partial charge < -0.3 is 10.3 Å². The average molecular weight is 272 g/mol. The Morgan fingerprint density at radius 3 is 2.41 bits per heavy atom. The summed E-state index contributed by atoms with van der Waals surface area (Å²) < 4.78 is 41.7. The molecule has 1 saturated carbocycles. The molecule has 0 amide bonds. The Labute approximate surface area is 102 Å². The second kappa shape index (κ2) is 4.45. The Hall–Kier alpha value is -0.820. The fourth-order valence-corrected chi connectivity index (χ4v) is 1.53. The lowest BCUT2D eigenvalue weighted by Gasteiger charge is -2.34. The molecule has 1 unspecified atom stereocenters. The summed E-state index contributed by atoms with van der Waals surface area (Å²) in [5.74, 6) is -1.98. The second-order valence-corrected chi connectivity index (χ2v) is 4.23. The maximum Gasteiger partial charge on any atom is 0.400 e. The Balaban J connectivity index is 0.00000144. The number of aromatic nitrogens is 2. The lowest BCUT2D eigenvalue weighted by Crippen LogP contribution is -2.44. The molecule has 8 heteroatoms. The number of rotatable bonds is 2. The normalized spacial score (nSPS) is 20.3. The van der Waals surface area contributed by atoms with E-state index in [-0.39, 0.29) is 18.2 Å². The molecule has 0 aromatic carbocycles. The molecular weight excluding hydrogens is 259 g/mol. The van der Waals surface area contributed by atoms with Gasteiger partial charge in [-0.05, 0) is 26.2 Å². The average Bonchev–Trinajstić information content (AvgIpc) is 2.60. The van der Waals surface area contributed by atoms with Crippen LogP contribution in [-0.2, 0) is 5.54 Å². The predicted molar refractivity (Wildman–Crippen MR) is 55.7 cm³/mol. The first-order chi connectivity index (χ1) is 7.33. The van der Waals surface area contributed by atoms with E-state index in [0.29, 0.717) is 12.8 Å². The van der Waals surface area contributed by atoms with Crippen LogP contribution in [0.5, 0.6) is 0 Å². The Morgan fingerprint density at radius 2 is 2.00 bits per heavy atom. The first-order valence-corrected chi connectivity index (χ1v) is 5.02. The van der Waals surface area contributed by atoms with Gasteiger partial charge >= 0.3 is 6.18 Å². The third-order valence-electron chi connectivity index (χ3n) is 2.99. The van der Waals surface area contributed by atoms with Crippen molar-refractivity contribution in [3.63, 3.8) is 0 Å². The van der Waals surface area contributed by atoms with Crippen molar-refractivity contribution in [1.82, 2.24) is 10.1 Å². The van der Waals surface area contributed by atoms with Crippen LogP contribution in [0.3, 0.4) is 0 Å². The molecule has 1 heterocycles. The van der Waals surface area contributed by atoms with Gasteiger partial charge in [-0.3, -0.25) is 0 Å². The van der Waals surface area contributed by atoms with E-state index < -0.39 is 23.5 Å². The zero-order chi connectivity index (χ0) is 12.0. The van der Waals surface area contributed by atoms with Crippen molar-refractivity contribution >= 4 is 12.4 Å². The second-order valence-electron chi connectivity index (χ2n) is 4.23. The van der Waals surface area contributed by atoms with Crippen LogP contribution in [-0.4, -0.2) is 16.3 Å². The smallest absolute Gasteiger partial charge is 0.339 e. The van der Waals surface area contributed by atoms with Gasteiger partial charge in [0.05, 0.1) is 5.54 Å². The summed E-state index contributed by atoms with van der Waals surface area (Å²) in [4.78, 5) is 3.75. The number of alkyl halides is 3. The summed E-state index contributed by atoms with van der Waals surface area (Å²) in [6, 6.07) is 0. The van der Waals surface area contributed by atoms with E-state index >= 15 is 0 Å². The molecule has 1 aliphatic carbocycles. The van der Waals surface area contributed by atoms with Gasteiger partial charge in [0.1, 0.15) is 5.92 Å². The summed E-state index contributed by atoms with van der Waals surface area (Å²) in [6.07, 6.45) is -2.06. The van der Waals surface area contributed by atoms with Gasteiger partial charge in [0, 0.05) is 0 Å². The predicted octanol–water partition coefficient (Wildman–Crippen LogP) is 2.50. The molecule has 0 bridgehead atoms. The van der Waals surface area contributed by atoms with Gasteiger partial charge in [0.15, 0.2) is 5.82 Å². The molecule has 4 nitrogen and oxygen atoms in total. The molecule has 0 spiro atoms. The Morgan fingerprint density at radius 1 is 1.41 bits per heavy atom. The fraction of sp³-hybridized carbons (Fsp3) is 0.778. The minimum absolute atomic E-state index is 0. The molecule has 1 aromatic rings. The van der Waals surface area contributed by atoms with Crippen LogP contribution in [0.2, 0.25) is 0 Å². The first-order valence-electron chi connectivity index (χ1n) is 5.02. The van der Waals surface area contributed by atoms with E-state index in [1.54, 1.807) is 0 Å². The molecule has 1 aliphatic rings. The molecule has 1 atom stereocenters. The number of nitrogens with two attached hydrogens (primary N) is 1. The highest BCUT2D eigenvalue weighted by Crippen LogP contribution is 2.39. The zero-order valence-corrected chi connectivity index (χ0v) is 9.94. The van der Waals surface area contributed by atoms with Crippen molar-refractivity contribution in [3.05, 3.63) is 11.7 Å². The summed E-state index contributed by atoms with van der Waals surface area (Å²) in [5, 5.41) is 3.53. The molecule has 98 valence electrons. The first kappa shape index (κ1) is 14.2. The van der Waals surface area contributed by atoms with E-state index in [9.17, 15) is 13.2 Å². The van der Waals surface area contributed by atoms with Crippen LogP contribution in [0.4, 0.5) is 13.2 Å². The number of nitrogens with zero attached hydrogens (tertiary/aromatic N) is 2. The zero-order valence-electron chi connectivity index (χ0n) is 9.12. The van der Waals surface area contributed by atoms with Gasteiger partial charge in [-0.15, -0.1) is 12.4 Å². The lowest BCUT2D eigenvalue weighted by atomic mass is 9.77. The van der Waals surface area contributed by atoms with Crippen LogP contribution in [0.25, 0.3) is 0 Å². The van der Waals surface area contributed by atoms with Crippen LogP contribution in [0.15, 0.2) is 4.52 Å². The van der Waals surface area contributed by atoms with Crippen molar-refractivity contribution in [2.75, 3.05) is 0 Å². The molecule has 17 heavy (non-hydrogen) atoms. The molecule has 2 rings (SSSR count). The van der Waals surface area contributed by atoms with Crippen molar-refractivity contribution in [2.24, 2.45) is 5.73 Å². The van der Waals surface area contributed by atoms with Crippen LogP contribution < -0.4 is 5.73 Å². The monoisotopic (exact) mass is 271 g/mol. The van der Waals surface area contributed by atoms with Gasteiger partial charge in [-0.2, -0.15) is 18.2 Å². The Bertz CT molecular complexity index is 389. The summed E-state index contributed by atoms with van der Waals surface area (Å²) in [5.41, 5.74) is 5.19. The number of hydrogen-bond acceptors (Lipinski definition) is 4. The standard InChI is InChI=1S/C9H12F3N3O.ClH/c1-5(9(10,11)12)6-14-7(15-16-6)8(13)3-2-4-8;/h5H,2-4,13H2,1H3;1H. The maximum absolute atomic E-state index is 12.4. The number of hydrogen-bond donors (Lipinski definition) is 1. The summed E-state index contributed by atoms with van der Waals surface area (Å²) in [7, 11) is 0. The molecular formula is C9H13ClF3N3O. The van der Waals surface area contributed by atoms with Crippen LogP contribution >= 0.6 is 12.4 Å². The molecule has 0 radical (unpaired) electrons. The highest BCUT2D eigenvalue weighted by Gasteiger charge is 2.44. The van der Waals surface area contributed by atoms with Crippen molar-refractivity contribution < 1.29 is 17.7 Å². The number of halogens is 4. The van der Waals surface area contributed by atoms with Gasteiger partial charge in [-0.1, -0.05) is 5.16 Å².